The van der Waals surface area contributed by atoms with Crippen LogP contribution in [0.2, 0.25) is 0 Å². The van der Waals surface area contributed by atoms with Gasteiger partial charge in [-0.2, -0.15) is 0 Å². The van der Waals surface area contributed by atoms with Crippen molar-refractivity contribution in [3.8, 4) is 0 Å². The summed E-state index contributed by atoms with van der Waals surface area (Å²) in [6, 6.07) is 0. The predicted octanol–water partition coefficient (Wildman–Crippen LogP) is 0.688. The molecule has 0 amide bonds. The lowest BCUT2D eigenvalue weighted by Gasteiger charge is -2.19. The molecule has 0 saturated heterocycles. The van der Waals surface area contributed by atoms with Gasteiger partial charge in [0.15, 0.2) is 0 Å². The van der Waals surface area contributed by atoms with E-state index in [0.29, 0.717) is 0 Å². The van der Waals surface area contributed by atoms with Gasteiger partial charge in [-0.05, 0) is 0 Å². The molecule has 0 aliphatic heterocycles. The summed E-state index contributed by atoms with van der Waals surface area (Å²) in [4.78, 5) is 14.0. The molecule has 0 saturated carbocycles. The van der Waals surface area contributed by atoms with Crippen molar-refractivity contribution in [2.75, 3.05) is 7.05 Å². The number of aldehydes is 1. The van der Waals surface area contributed by atoms with Crippen LogP contribution in [0.4, 0.5) is 0 Å². The monoisotopic (exact) mass is 123 g/mol. The van der Waals surface area contributed by atoms with Crippen molar-refractivity contribution in [1.29, 1.82) is 0 Å². The summed E-state index contributed by atoms with van der Waals surface area (Å²) in [5.41, 5.74) is 0. The number of hydrogen-bond donors (Lipinski definition) is 0. The lowest BCUT2D eigenvalue weighted by atomic mass is 9.84. The van der Waals surface area contributed by atoms with E-state index in [1.54, 1.807) is 13.3 Å². The summed E-state index contributed by atoms with van der Waals surface area (Å²) >= 11 is 0. The minimum atomic E-state index is 0.0914. The van der Waals surface area contributed by atoms with Crippen LogP contribution in [-0.2, 0) is 4.79 Å². The Morgan fingerprint density at radius 3 is 2.44 bits per heavy atom. The maximum absolute atomic E-state index is 10.2. The maximum Gasteiger partial charge on any atom is 0.127 e. The average molecular weight is 123 g/mol. The van der Waals surface area contributed by atoms with Crippen molar-refractivity contribution in [1.82, 2.24) is 0 Å². The van der Waals surface area contributed by atoms with Crippen LogP contribution in [0, 0.1) is 11.8 Å². The normalized spacial score (nSPS) is 32.6. The highest BCUT2D eigenvalue weighted by Gasteiger charge is 2.20. The molecule has 0 heterocycles. The van der Waals surface area contributed by atoms with E-state index >= 15 is 0 Å². The Labute approximate surface area is 54.3 Å². The Kier molecular flexibility index (Phi) is 1.78. The number of hydrogen-bond acceptors (Lipinski definition) is 2. The molecule has 1 aliphatic carbocycles. The summed E-state index contributed by atoms with van der Waals surface area (Å²) in [6.45, 7) is 0. The molecular weight excluding hydrogens is 114 g/mol. The van der Waals surface area contributed by atoms with Gasteiger partial charge < -0.3 is 9.79 Å². The highest BCUT2D eigenvalue weighted by molar-refractivity contribution is 5.75. The number of aliphatic imine (C=N–C) groups is 1. The molecule has 0 bridgehead atoms. The third-order valence-corrected chi connectivity index (χ3v) is 1.48. The molecule has 2 heteroatoms. The van der Waals surface area contributed by atoms with Crippen molar-refractivity contribution < 1.29 is 4.79 Å². The summed E-state index contributed by atoms with van der Waals surface area (Å²) in [7, 11) is 1.72. The van der Waals surface area contributed by atoms with Crippen molar-refractivity contribution in [3.05, 3.63) is 12.2 Å². The van der Waals surface area contributed by atoms with Crippen molar-refractivity contribution in [2.45, 2.75) is 0 Å². The highest BCUT2D eigenvalue weighted by Crippen LogP contribution is 2.20. The molecule has 0 aromatic carbocycles. The van der Waals surface area contributed by atoms with Gasteiger partial charge in [-0.25, -0.2) is 0 Å². The first-order chi connectivity index (χ1) is 4.38. The van der Waals surface area contributed by atoms with E-state index in [-0.39, 0.29) is 11.8 Å². The number of nitrogens with zero attached hydrogens (tertiary/aromatic N) is 1. The second-order valence-corrected chi connectivity index (χ2v) is 2.08. The third kappa shape index (κ3) is 1.07. The van der Waals surface area contributed by atoms with Crippen molar-refractivity contribution in [3.63, 3.8) is 0 Å². The van der Waals surface area contributed by atoms with E-state index in [2.05, 4.69) is 4.99 Å². The molecule has 0 aromatic heterocycles. The van der Waals surface area contributed by atoms with Gasteiger partial charge >= 0.3 is 0 Å². The zero-order valence-corrected chi connectivity index (χ0v) is 5.32. The Morgan fingerprint density at radius 1 is 1.44 bits per heavy atom. The smallest absolute Gasteiger partial charge is 0.127 e. The summed E-state index contributed by atoms with van der Waals surface area (Å²) < 4.78 is 0. The molecule has 0 fully saturated rings. The standard InChI is InChI=1S/C7H9NO/c1-8-4-6-2-3-7(6)5-9/h2-7H,1H3/b8-4+. The van der Waals surface area contributed by atoms with Gasteiger partial charge in [0.2, 0.25) is 0 Å². The topological polar surface area (TPSA) is 29.4 Å². The minimum Gasteiger partial charge on any atom is -0.303 e. The molecule has 48 valence electrons. The fraction of sp³-hybridized carbons (Fsp3) is 0.429. The third-order valence-electron chi connectivity index (χ3n) is 1.48. The number of carbonyl (C=O) groups excluding carboxylic acids is 1. The molecule has 2 unspecified atom stereocenters. The molecule has 0 aromatic rings. The minimum absolute atomic E-state index is 0.0914. The van der Waals surface area contributed by atoms with E-state index in [0.717, 1.165) is 6.29 Å². The summed E-state index contributed by atoms with van der Waals surface area (Å²) in [5, 5.41) is 0. The first kappa shape index (κ1) is 6.20. The number of rotatable bonds is 2. The van der Waals surface area contributed by atoms with E-state index in [1.807, 2.05) is 12.2 Å². The Balaban J connectivity index is 2.48. The summed E-state index contributed by atoms with van der Waals surface area (Å²) in [5.74, 6) is 0.362. The molecular formula is C7H9NO. The van der Waals surface area contributed by atoms with Gasteiger partial charge in [0.1, 0.15) is 6.29 Å². The average Bonchev–Trinajstić information content (AvgIpc) is 1.82. The second-order valence-electron chi connectivity index (χ2n) is 2.08. The fourth-order valence-electron chi connectivity index (χ4n) is 0.825. The highest BCUT2D eigenvalue weighted by atomic mass is 16.1. The van der Waals surface area contributed by atoms with Crippen LogP contribution >= 0.6 is 0 Å². The van der Waals surface area contributed by atoms with Gasteiger partial charge in [0.25, 0.3) is 0 Å². The van der Waals surface area contributed by atoms with Crippen LogP contribution < -0.4 is 0 Å². The van der Waals surface area contributed by atoms with Crippen LogP contribution in [-0.4, -0.2) is 19.5 Å². The van der Waals surface area contributed by atoms with E-state index in [9.17, 15) is 4.79 Å². The molecule has 1 aliphatic rings. The molecule has 1 rings (SSSR count). The van der Waals surface area contributed by atoms with Crippen molar-refractivity contribution in [2.24, 2.45) is 16.8 Å². The van der Waals surface area contributed by atoms with Gasteiger partial charge in [0.05, 0.1) is 0 Å². The van der Waals surface area contributed by atoms with E-state index < -0.39 is 0 Å². The fourth-order valence-corrected chi connectivity index (χ4v) is 0.825. The molecule has 0 radical (unpaired) electrons. The second kappa shape index (κ2) is 2.58. The zero-order chi connectivity index (χ0) is 6.69. The van der Waals surface area contributed by atoms with Crippen LogP contribution in [0.15, 0.2) is 17.1 Å². The molecule has 2 atom stereocenters. The molecule has 2 nitrogen and oxygen atoms in total. The molecule has 0 N–H and O–H groups in total. The Hall–Kier alpha value is -0.920. The molecule has 9 heavy (non-hydrogen) atoms. The lowest BCUT2D eigenvalue weighted by Crippen LogP contribution is -2.20. The molecule has 0 spiro atoms. The quantitative estimate of drug-likeness (QED) is 0.302. The van der Waals surface area contributed by atoms with E-state index in [4.69, 9.17) is 0 Å². The Bertz CT molecular complexity index is 160. The van der Waals surface area contributed by atoms with Crippen LogP contribution in [0.3, 0.4) is 0 Å². The predicted molar refractivity (Wildman–Crippen MR) is 36.6 cm³/mol. The SMILES string of the molecule is C/N=C/C1C=CC1C=O. The van der Waals surface area contributed by atoms with Crippen LogP contribution in [0.25, 0.3) is 0 Å². The maximum atomic E-state index is 10.2. The van der Waals surface area contributed by atoms with Gasteiger partial charge in [-0.15, -0.1) is 0 Å². The van der Waals surface area contributed by atoms with Gasteiger partial charge in [-0.1, -0.05) is 12.2 Å². The van der Waals surface area contributed by atoms with Gasteiger partial charge in [0, 0.05) is 25.1 Å². The van der Waals surface area contributed by atoms with Crippen LogP contribution in [0.5, 0.6) is 0 Å². The number of carbonyl (C=O) groups is 1. The van der Waals surface area contributed by atoms with Crippen LogP contribution in [0.1, 0.15) is 0 Å². The van der Waals surface area contributed by atoms with Crippen molar-refractivity contribution >= 4 is 12.5 Å². The Morgan fingerprint density at radius 2 is 2.11 bits per heavy atom. The largest absolute Gasteiger partial charge is 0.303 e. The first-order valence-electron chi connectivity index (χ1n) is 2.94. The first-order valence-corrected chi connectivity index (χ1v) is 2.94. The van der Waals surface area contributed by atoms with E-state index in [1.165, 1.54) is 0 Å². The lowest BCUT2D eigenvalue weighted by molar-refractivity contribution is -0.110. The number of allylic oxidation sites excluding steroid dienone is 2. The van der Waals surface area contributed by atoms with Gasteiger partial charge in [-0.3, -0.25) is 0 Å². The summed E-state index contributed by atoms with van der Waals surface area (Å²) in [6.07, 6.45) is 6.61. The zero-order valence-electron chi connectivity index (χ0n) is 5.32.